The highest BCUT2D eigenvalue weighted by atomic mass is 16.3. The normalized spacial score (nSPS) is 10.9. The molecule has 0 radical (unpaired) electrons. The lowest BCUT2D eigenvalue weighted by molar-refractivity contribution is 0.475. The van der Waals surface area contributed by atoms with E-state index in [0.29, 0.717) is 0 Å². The van der Waals surface area contributed by atoms with Gasteiger partial charge in [-0.05, 0) is 48.9 Å². The number of nitrogens with zero attached hydrogens (tertiary/aromatic N) is 2. The van der Waals surface area contributed by atoms with Gasteiger partial charge in [-0.15, -0.1) is 0 Å². The molecule has 3 aromatic rings. The number of benzene rings is 2. The number of phenols is 2. The summed E-state index contributed by atoms with van der Waals surface area (Å²) >= 11 is 0. The van der Waals surface area contributed by atoms with E-state index in [4.69, 9.17) is 0 Å². The molecule has 0 atom stereocenters. The van der Waals surface area contributed by atoms with Crippen LogP contribution in [0.4, 0.5) is 0 Å². The van der Waals surface area contributed by atoms with E-state index in [-0.39, 0.29) is 11.5 Å². The molecular formula is C14H12N2O2. The molecule has 0 amide bonds. The summed E-state index contributed by atoms with van der Waals surface area (Å²) in [5, 5.41) is 24.2. The second kappa shape index (κ2) is 3.77. The largest absolute Gasteiger partial charge is 0.508 e. The Morgan fingerprint density at radius 2 is 1.72 bits per heavy atom. The van der Waals surface area contributed by atoms with Crippen molar-refractivity contribution >= 4 is 10.9 Å². The first-order valence-corrected chi connectivity index (χ1v) is 5.62. The molecule has 18 heavy (non-hydrogen) atoms. The van der Waals surface area contributed by atoms with Crippen molar-refractivity contribution in [3.05, 3.63) is 48.2 Å². The molecule has 0 fully saturated rings. The van der Waals surface area contributed by atoms with Gasteiger partial charge in [-0.2, -0.15) is 5.10 Å². The zero-order chi connectivity index (χ0) is 12.7. The van der Waals surface area contributed by atoms with E-state index in [0.717, 1.165) is 22.2 Å². The molecule has 0 aliphatic rings. The molecule has 0 spiro atoms. The topological polar surface area (TPSA) is 58.3 Å². The molecule has 1 heterocycles. The van der Waals surface area contributed by atoms with Gasteiger partial charge in [0, 0.05) is 11.6 Å². The summed E-state index contributed by atoms with van der Waals surface area (Å²) in [6.45, 7) is 1.91. The molecule has 2 N–H and O–H groups in total. The van der Waals surface area contributed by atoms with Crippen LogP contribution in [0.2, 0.25) is 0 Å². The van der Waals surface area contributed by atoms with Gasteiger partial charge in [0.25, 0.3) is 0 Å². The van der Waals surface area contributed by atoms with Crippen molar-refractivity contribution in [1.29, 1.82) is 0 Å². The van der Waals surface area contributed by atoms with Gasteiger partial charge < -0.3 is 10.2 Å². The highest BCUT2D eigenvalue weighted by Gasteiger charge is 2.06. The van der Waals surface area contributed by atoms with Crippen LogP contribution in [-0.2, 0) is 0 Å². The van der Waals surface area contributed by atoms with Crippen LogP contribution in [0.25, 0.3) is 16.6 Å². The van der Waals surface area contributed by atoms with Crippen LogP contribution in [-0.4, -0.2) is 20.0 Å². The Morgan fingerprint density at radius 3 is 2.44 bits per heavy atom. The zero-order valence-electron chi connectivity index (χ0n) is 9.83. The molecule has 0 unspecified atom stereocenters. The maximum atomic E-state index is 9.56. The predicted molar refractivity (Wildman–Crippen MR) is 69.1 cm³/mol. The number of aryl methyl sites for hydroxylation is 1. The minimum atomic E-state index is 0.226. The van der Waals surface area contributed by atoms with Crippen molar-refractivity contribution in [2.75, 3.05) is 0 Å². The lowest BCUT2D eigenvalue weighted by Gasteiger charge is -2.00. The molecule has 1 aromatic heterocycles. The number of rotatable bonds is 1. The SMILES string of the molecule is Cc1cc(O)cc2cn(-c3ccc(O)cc3)nc12. The van der Waals surface area contributed by atoms with Gasteiger partial charge in [0.1, 0.15) is 11.5 Å². The van der Waals surface area contributed by atoms with E-state index in [1.54, 1.807) is 41.1 Å². The third-order valence-electron chi connectivity index (χ3n) is 2.90. The Labute approximate surface area is 104 Å². The number of hydrogen-bond donors (Lipinski definition) is 2. The molecular weight excluding hydrogens is 228 g/mol. The van der Waals surface area contributed by atoms with E-state index in [1.807, 2.05) is 13.1 Å². The van der Waals surface area contributed by atoms with Crippen molar-refractivity contribution in [1.82, 2.24) is 9.78 Å². The lowest BCUT2D eigenvalue weighted by Crippen LogP contribution is -1.93. The maximum absolute atomic E-state index is 9.56. The molecule has 90 valence electrons. The Balaban J connectivity index is 2.19. The van der Waals surface area contributed by atoms with Crippen molar-refractivity contribution in [2.45, 2.75) is 6.92 Å². The fourth-order valence-corrected chi connectivity index (χ4v) is 2.03. The average Bonchev–Trinajstić information content (AvgIpc) is 2.74. The van der Waals surface area contributed by atoms with Crippen molar-refractivity contribution in [3.63, 3.8) is 0 Å². The minimum absolute atomic E-state index is 0.226. The standard InChI is InChI=1S/C14H12N2O2/c1-9-6-13(18)7-10-8-16(15-14(9)10)11-2-4-12(17)5-3-11/h2-8,17-18H,1H3. The minimum Gasteiger partial charge on any atom is -0.508 e. The summed E-state index contributed by atoms with van der Waals surface area (Å²) in [5.41, 5.74) is 2.66. The average molecular weight is 240 g/mol. The zero-order valence-corrected chi connectivity index (χ0v) is 9.83. The number of fused-ring (bicyclic) bond motifs is 1. The number of hydrogen-bond acceptors (Lipinski definition) is 3. The van der Waals surface area contributed by atoms with Crippen LogP contribution < -0.4 is 0 Å². The van der Waals surface area contributed by atoms with Gasteiger partial charge in [-0.25, -0.2) is 4.68 Å². The summed E-state index contributed by atoms with van der Waals surface area (Å²) in [7, 11) is 0. The van der Waals surface area contributed by atoms with E-state index in [9.17, 15) is 10.2 Å². The smallest absolute Gasteiger partial charge is 0.116 e. The second-order valence-corrected chi connectivity index (χ2v) is 4.29. The first-order valence-electron chi connectivity index (χ1n) is 5.62. The van der Waals surface area contributed by atoms with Crippen LogP contribution in [0, 0.1) is 6.92 Å². The van der Waals surface area contributed by atoms with E-state index in [2.05, 4.69) is 5.10 Å². The number of aromatic hydroxyl groups is 2. The summed E-state index contributed by atoms with van der Waals surface area (Å²) in [4.78, 5) is 0. The van der Waals surface area contributed by atoms with E-state index >= 15 is 0 Å². The number of aromatic nitrogens is 2. The van der Waals surface area contributed by atoms with Gasteiger partial charge in [0.15, 0.2) is 0 Å². The quantitative estimate of drug-likeness (QED) is 0.687. The van der Waals surface area contributed by atoms with E-state index < -0.39 is 0 Å². The van der Waals surface area contributed by atoms with Gasteiger partial charge >= 0.3 is 0 Å². The molecule has 0 aliphatic carbocycles. The molecule has 0 bridgehead atoms. The van der Waals surface area contributed by atoms with Gasteiger partial charge in [-0.3, -0.25) is 0 Å². The van der Waals surface area contributed by atoms with Crippen LogP contribution in [0.5, 0.6) is 11.5 Å². The van der Waals surface area contributed by atoms with Crippen molar-refractivity contribution in [3.8, 4) is 17.2 Å². The van der Waals surface area contributed by atoms with Gasteiger partial charge in [0.2, 0.25) is 0 Å². The summed E-state index contributed by atoms with van der Waals surface area (Å²) in [5.74, 6) is 0.467. The highest BCUT2D eigenvalue weighted by molar-refractivity contribution is 5.83. The lowest BCUT2D eigenvalue weighted by atomic mass is 10.1. The first kappa shape index (κ1) is 10.7. The van der Waals surface area contributed by atoms with Crippen LogP contribution in [0.1, 0.15) is 5.56 Å². The monoisotopic (exact) mass is 240 g/mol. The fraction of sp³-hybridized carbons (Fsp3) is 0.0714. The Morgan fingerprint density at radius 1 is 1.00 bits per heavy atom. The summed E-state index contributed by atoms with van der Waals surface area (Å²) < 4.78 is 1.73. The molecule has 4 heteroatoms. The van der Waals surface area contributed by atoms with Crippen molar-refractivity contribution < 1.29 is 10.2 Å². The first-order chi connectivity index (χ1) is 8.63. The van der Waals surface area contributed by atoms with Gasteiger partial charge in [-0.1, -0.05) is 0 Å². The highest BCUT2D eigenvalue weighted by Crippen LogP contribution is 2.24. The predicted octanol–water partition coefficient (Wildman–Crippen LogP) is 2.75. The second-order valence-electron chi connectivity index (χ2n) is 4.29. The van der Waals surface area contributed by atoms with Crippen LogP contribution in [0.15, 0.2) is 42.6 Å². The van der Waals surface area contributed by atoms with Crippen molar-refractivity contribution in [2.24, 2.45) is 0 Å². The maximum Gasteiger partial charge on any atom is 0.116 e. The van der Waals surface area contributed by atoms with Crippen LogP contribution in [0.3, 0.4) is 0 Å². The third-order valence-corrected chi connectivity index (χ3v) is 2.90. The molecule has 0 saturated heterocycles. The Bertz CT molecular complexity index is 714. The molecule has 0 aliphatic heterocycles. The summed E-state index contributed by atoms with van der Waals surface area (Å²) in [6.07, 6.45) is 1.86. The molecule has 2 aromatic carbocycles. The summed E-state index contributed by atoms with van der Waals surface area (Å²) in [6, 6.07) is 10.2. The molecule has 0 saturated carbocycles. The van der Waals surface area contributed by atoms with E-state index in [1.165, 1.54) is 0 Å². The Kier molecular flexibility index (Phi) is 2.23. The van der Waals surface area contributed by atoms with Gasteiger partial charge in [0.05, 0.1) is 11.2 Å². The molecule has 4 nitrogen and oxygen atoms in total. The van der Waals surface area contributed by atoms with Crippen LogP contribution >= 0.6 is 0 Å². The fourth-order valence-electron chi connectivity index (χ4n) is 2.03. The number of phenolic OH excluding ortho intramolecular Hbond substituents is 2. The third kappa shape index (κ3) is 1.68. The molecule has 3 rings (SSSR count). The Hall–Kier alpha value is -2.49.